The summed E-state index contributed by atoms with van der Waals surface area (Å²) in [7, 11) is 0. The van der Waals surface area contributed by atoms with Crippen molar-refractivity contribution in [3.8, 4) is 17.1 Å². The van der Waals surface area contributed by atoms with E-state index in [4.69, 9.17) is 4.74 Å². The van der Waals surface area contributed by atoms with Crippen molar-refractivity contribution in [1.82, 2.24) is 9.97 Å². The van der Waals surface area contributed by atoms with Gasteiger partial charge in [0, 0.05) is 17.5 Å². The van der Waals surface area contributed by atoms with Gasteiger partial charge in [-0.25, -0.2) is 4.98 Å². The number of H-pyrrole nitrogens is 1. The minimum absolute atomic E-state index is 0.818. The van der Waals surface area contributed by atoms with E-state index < -0.39 is 0 Å². The molecule has 4 nitrogen and oxygen atoms in total. The SMILES string of the molecule is c1ccc(-c2ncc(C[NH2+]Cc3ccc4c(c3)CCO4)[nH]2)cc1. The van der Waals surface area contributed by atoms with Crippen LogP contribution in [0.3, 0.4) is 0 Å². The highest BCUT2D eigenvalue weighted by Gasteiger charge is 2.12. The number of benzene rings is 2. The van der Waals surface area contributed by atoms with E-state index in [-0.39, 0.29) is 0 Å². The maximum Gasteiger partial charge on any atom is 0.137 e. The Morgan fingerprint density at radius 3 is 2.91 bits per heavy atom. The zero-order valence-corrected chi connectivity index (χ0v) is 13.0. The first kappa shape index (κ1) is 14.0. The van der Waals surface area contributed by atoms with Gasteiger partial charge in [0.25, 0.3) is 0 Å². The molecule has 1 aliphatic heterocycles. The number of nitrogens with one attached hydrogen (secondary N) is 1. The standard InChI is InChI=1S/C19H19N3O/c1-2-4-15(5-3-1)19-21-13-17(22-19)12-20-11-14-6-7-18-16(10-14)8-9-23-18/h1-7,10,13,20H,8-9,11-12H2,(H,21,22)/p+1. The van der Waals surface area contributed by atoms with Crippen LogP contribution in [0.15, 0.2) is 54.7 Å². The molecule has 3 N–H and O–H groups in total. The summed E-state index contributed by atoms with van der Waals surface area (Å²) in [6.45, 7) is 2.68. The van der Waals surface area contributed by atoms with Crippen LogP contribution in [0.2, 0.25) is 0 Å². The number of quaternary nitrogens is 1. The fourth-order valence-electron chi connectivity index (χ4n) is 2.97. The highest BCUT2D eigenvalue weighted by Crippen LogP contribution is 2.25. The topological polar surface area (TPSA) is 54.5 Å². The molecule has 0 fully saturated rings. The summed E-state index contributed by atoms with van der Waals surface area (Å²) in [5, 5.41) is 2.29. The Kier molecular flexibility index (Phi) is 3.82. The highest BCUT2D eigenvalue weighted by atomic mass is 16.5. The summed E-state index contributed by atoms with van der Waals surface area (Å²) in [5.41, 5.74) is 4.95. The summed E-state index contributed by atoms with van der Waals surface area (Å²) >= 11 is 0. The molecule has 0 aliphatic carbocycles. The lowest BCUT2D eigenvalue weighted by Gasteiger charge is -2.03. The molecule has 0 radical (unpaired) electrons. The lowest BCUT2D eigenvalue weighted by Crippen LogP contribution is -2.80. The predicted octanol–water partition coefficient (Wildman–Crippen LogP) is 2.28. The molecule has 0 saturated carbocycles. The summed E-state index contributed by atoms with van der Waals surface area (Å²) in [6.07, 6.45) is 2.96. The minimum Gasteiger partial charge on any atom is -0.493 e. The van der Waals surface area contributed by atoms with Crippen LogP contribution in [-0.2, 0) is 19.5 Å². The molecule has 1 aliphatic rings. The maximum absolute atomic E-state index is 5.55. The molecule has 116 valence electrons. The van der Waals surface area contributed by atoms with Gasteiger partial charge >= 0.3 is 0 Å². The third-order valence-electron chi connectivity index (χ3n) is 4.17. The molecule has 0 bridgehead atoms. The first-order valence-electron chi connectivity index (χ1n) is 8.04. The summed E-state index contributed by atoms with van der Waals surface area (Å²) in [6, 6.07) is 16.7. The van der Waals surface area contributed by atoms with Gasteiger partial charge in [0.1, 0.15) is 24.7 Å². The van der Waals surface area contributed by atoms with Crippen LogP contribution >= 0.6 is 0 Å². The van der Waals surface area contributed by atoms with Gasteiger partial charge in [-0.3, -0.25) is 0 Å². The van der Waals surface area contributed by atoms with Gasteiger partial charge < -0.3 is 15.0 Å². The van der Waals surface area contributed by atoms with Gasteiger partial charge in [-0.15, -0.1) is 0 Å². The Bertz CT molecular complexity index is 795. The molecule has 0 amide bonds. The van der Waals surface area contributed by atoms with Crippen LogP contribution in [0.5, 0.6) is 5.75 Å². The number of hydrogen-bond acceptors (Lipinski definition) is 2. The van der Waals surface area contributed by atoms with Crippen LogP contribution in [0.4, 0.5) is 0 Å². The first-order valence-corrected chi connectivity index (χ1v) is 8.04. The van der Waals surface area contributed by atoms with Crippen molar-refractivity contribution in [2.45, 2.75) is 19.5 Å². The molecule has 2 heterocycles. The zero-order chi connectivity index (χ0) is 15.5. The quantitative estimate of drug-likeness (QED) is 0.760. The van der Waals surface area contributed by atoms with Crippen molar-refractivity contribution in [1.29, 1.82) is 0 Å². The average molecular weight is 306 g/mol. The number of nitrogens with zero attached hydrogens (tertiary/aromatic N) is 1. The van der Waals surface area contributed by atoms with Gasteiger partial charge in [0.2, 0.25) is 0 Å². The second-order valence-corrected chi connectivity index (χ2v) is 5.86. The van der Waals surface area contributed by atoms with Crippen molar-refractivity contribution in [2.75, 3.05) is 6.61 Å². The number of aromatic amines is 1. The third-order valence-corrected chi connectivity index (χ3v) is 4.17. The number of hydrogen-bond donors (Lipinski definition) is 2. The number of imidazole rings is 1. The molecule has 2 aromatic carbocycles. The molecule has 3 aromatic rings. The molecule has 1 aromatic heterocycles. The molecule has 0 atom stereocenters. The fraction of sp³-hybridized carbons (Fsp3) is 0.211. The number of rotatable bonds is 5. The number of nitrogens with two attached hydrogens (primary N) is 1. The van der Waals surface area contributed by atoms with Crippen LogP contribution in [0.25, 0.3) is 11.4 Å². The Morgan fingerprint density at radius 1 is 1.09 bits per heavy atom. The smallest absolute Gasteiger partial charge is 0.137 e. The molecule has 23 heavy (non-hydrogen) atoms. The predicted molar refractivity (Wildman–Crippen MR) is 89.0 cm³/mol. The van der Waals surface area contributed by atoms with E-state index in [2.05, 4.69) is 45.6 Å². The number of ether oxygens (including phenoxy) is 1. The molecule has 0 saturated heterocycles. The fourth-order valence-corrected chi connectivity index (χ4v) is 2.97. The van der Waals surface area contributed by atoms with Crippen molar-refractivity contribution in [3.63, 3.8) is 0 Å². The van der Waals surface area contributed by atoms with Crippen molar-refractivity contribution < 1.29 is 10.1 Å². The summed E-state index contributed by atoms with van der Waals surface area (Å²) in [5.74, 6) is 1.98. The van der Waals surface area contributed by atoms with Crippen LogP contribution in [0.1, 0.15) is 16.8 Å². The van der Waals surface area contributed by atoms with Crippen molar-refractivity contribution >= 4 is 0 Å². The van der Waals surface area contributed by atoms with Crippen molar-refractivity contribution in [3.05, 3.63) is 71.5 Å². The lowest BCUT2D eigenvalue weighted by atomic mass is 10.1. The van der Waals surface area contributed by atoms with Gasteiger partial charge in [0.15, 0.2) is 0 Å². The normalized spacial score (nSPS) is 12.9. The van der Waals surface area contributed by atoms with E-state index in [9.17, 15) is 0 Å². The first-order chi connectivity index (χ1) is 11.4. The minimum atomic E-state index is 0.818. The number of fused-ring (bicyclic) bond motifs is 1. The Hall–Kier alpha value is -2.59. The Balaban J connectivity index is 1.36. The van der Waals surface area contributed by atoms with Gasteiger partial charge in [-0.2, -0.15) is 0 Å². The Morgan fingerprint density at radius 2 is 2.00 bits per heavy atom. The zero-order valence-electron chi connectivity index (χ0n) is 13.0. The van der Waals surface area contributed by atoms with Crippen LogP contribution < -0.4 is 10.1 Å². The van der Waals surface area contributed by atoms with Gasteiger partial charge in [0.05, 0.1) is 18.5 Å². The molecule has 4 rings (SSSR count). The van der Waals surface area contributed by atoms with Crippen LogP contribution in [0, 0.1) is 0 Å². The summed E-state index contributed by atoms with van der Waals surface area (Å²) in [4.78, 5) is 7.86. The average Bonchev–Trinajstić information content (AvgIpc) is 3.24. The van der Waals surface area contributed by atoms with Gasteiger partial charge in [-0.1, -0.05) is 30.3 Å². The van der Waals surface area contributed by atoms with E-state index in [1.165, 1.54) is 11.1 Å². The van der Waals surface area contributed by atoms with Crippen molar-refractivity contribution in [2.24, 2.45) is 0 Å². The van der Waals surface area contributed by atoms with E-state index in [1.54, 1.807) is 0 Å². The van der Waals surface area contributed by atoms with E-state index in [0.717, 1.165) is 48.9 Å². The van der Waals surface area contributed by atoms with Crippen LogP contribution in [-0.4, -0.2) is 16.6 Å². The lowest BCUT2D eigenvalue weighted by molar-refractivity contribution is -0.686. The highest BCUT2D eigenvalue weighted by molar-refractivity contribution is 5.54. The number of aromatic nitrogens is 2. The van der Waals surface area contributed by atoms with E-state index >= 15 is 0 Å². The largest absolute Gasteiger partial charge is 0.493 e. The molecule has 0 unspecified atom stereocenters. The van der Waals surface area contributed by atoms with E-state index in [1.807, 2.05) is 24.4 Å². The second-order valence-electron chi connectivity index (χ2n) is 5.86. The van der Waals surface area contributed by atoms with E-state index in [0.29, 0.717) is 0 Å². The maximum atomic E-state index is 5.55. The summed E-state index contributed by atoms with van der Waals surface area (Å²) < 4.78 is 5.55. The molecular formula is C19H20N3O+. The van der Waals surface area contributed by atoms with Gasteiger partial charge in [-0.05, 0) is 23.8 Å². The monoisotopic (exact) mass is 306 g/mol. The second kappa shape index (κ2) is 6.26. The third kappa shape index (κ3) is 3.12. The molecule has 0 spiro atoms. The Labute approximate surface area is 135 Å². The molecule has 4 heteroatoms. The molecular weight excluding hydrogens is 286 g/mol.